The predicted octanol–water partition coefficient (Wildman–Crippen LogP) is 0.599. The smallest absolute Gasteiger partial charge is 0.166 e. The third-order valence-electron chi connectivity index (χ3n) is 1.63. The lowest BCUT2D eigenvalue weighted by Crippen LogP contribution is -1.93. The minimum Gasteiger partial charge on any atom is -0.489 e. The monoisotopic (exact) mass is 136 g/mol. The summed E-state index contributed by atoms with van der Waals surface area (Å²) in [6, 6.07) is 1.94. The second kappa shape index (κ2) is 1.87. The number of rotatable bonds is 0. The Hall–Kier alpha value is -1.25. The second-order valence-electron chi connectivity index (χ2n) is 2.28. The molecule has 2 rings (SSSR count). The fourth-order valence-electron chi connectivity index (χ4n) is 1.13. The molecule has 0 aromatic carbocycles. The molecule has 1 aliphatic rings. The number of aromatic nitrogens is 1. The molecule has 0 aliphatic carbocycles. The van der Waals surface area contributed by atoms with Crippen LogP contribution >= 0.6 is 0 Å². The van der Waals surface area contributed by atoms with Crippen molar-refractivity contribution in [2.45, 2.75) is 6.42 Å². The average Bonchev–Trinajstić information content (AvgIpc) is 2.36. The van der Waals surface area contributed by atoms with Crippen LogP contribution in [0, 0.1) is 0 Å². The molecule has 0 unspecified atom stereocenters. The average molecular weight is 136 g/mol. The number of nitrogen functional groups attached to an aromatic ring is 1. The van der Waals surface area contributed by atoms with E-state index in [1.165, 1.54) is 5.56 Å². The Morgan fingerprint density at radius 2 is 2.50 bits per heavy atom. The van der Waals surface area contributed by atoms with E-state index in [1.807, 2.05) is 6.07 Å². The lowest BCUT2D eigenvalue weighted by atomic mass is 10.2. The number of pyridine rings is 1. The van der Waals surface area contributed by atoms with Crippen molar-refractivity contribution in [2.75, 3.05) is 12.3 Å². The first kappa shape index (κ1) is 5.53. The molecule has 3 heteroatoms. The maximum Gasteiger partial charge on any atom is 0.166 e. The van der Waals surface area contributed by atoms with Crippen LogP contribution in [0.3, 0.4) is 0 Å². The molecule has 0 atom stereocenters. The molecule has 0 saturated heterocycles. The molecular formula is C7H8N2O. The molecule has 0 amide bonds. The van der Waals surface area contributed by atoms with Crippen molar-refractivity contribution in [3.05, 3.63) is 17.8 Å². The van der Waals surface area contributed by atoms with Crippen molar-refractivity contribution in [3.63, 3.8) is 0 Å². The Kier molecular flexibility index (Phi) is 1.03. The molecular weight excluding hydrogens is 128 g/mol. The molecule has 0 radical (unpaired) electrons. The Morgan fingerprint density at radius 1 is 1.60 bits per heavy atom. The zero-order chi connectivity index (χ0) is 6.97. The van der Waals surface area contributed by atoms with Gasteiger partial charge in [-0.3, -0.25) is 0 Å². The van der Waals surface area contributed by atoms with Gasteiger partial charge in [0.25, 0.3) is 0 Å². The highest BCUT2D eigenvalue weighted by atomic mass is 16.5. The Morgan fingerprint density at radius 3 is 3.30 bits per heavy atom. The summed E-state index contributed by atoms with van der Waals surface area (Å²) in [5, 5.41) is 0. The van der Waals surface area contributed by atoms with Gasteiger partial charge in [-0.05, 0) is 6.07 Å². The summed E-state index contributed by atoms with van der Waals surface area (Å²) in [4.78, 5) is 3.90. The number of hydrogen-bond acceptors (Lipinski definition) is 3. The van der Waals surface area contributed by atoms with Crippen LogP contribution in [0.2, 0.25) is 0 Å². The summed E-state index contributed by atoms with van der Waals surface area (Å²) in [5.41, 5.74) is 6.71. The first-order chi connectivity index (χ1) is 4.88. The molecule has 10 heavy (non-hydrogen) atoms. The van der Waals surface area contributed by atoms with Crippen molar-refractivity contribution in [3.8, 4) is 5.75 Å². The van der Waals surface area contributed by atoms with Crippen LogP contribution < -0.4 is 10.5 Å². The van der Waals surface area contributed by atoms with Crippen molar-refractivity contribution < 1.29 is 4.74 Å². The van der Waals surface area contributed by atoms with Gasteiger partial charge in [0.05, 0.1) is 6.61 Å². The summed E-state index contributed by atoms with van der Waals surface area (Å²) in [6.45, 7) is 0.741. The molecule has 1 aromatic rings. The van der Waals surface area contributed by atoms with Gasteiger partial charge < -0.3 is 10.5 Å². The van der Waals surface area contributed by atoms with Gasteiger partial charge >= 0.3 is 0 Å². The van der Waals surface area contributed by atoms with Crippen molar-refractivity contribution in [1.29, 1.82) is 0 Å². The zero-order valence-electron chi connectivity index (χ0n) is 5.50. The zero-order valence-corrected chi connectivity index (χ0v) is 5.50. The van der Waals surface area contributed by atoms with Crippen LogP contribution in [-0.4, -0.2) is 11.6 Å². The molecule has 3 nitrogen and oxygen atoms in total. The van der Waals surface area contributed by atoms with Crippen LogP contribution in [0.25, 0.3) is 0 Å². The maximum atomic E-state index is 5.54. The van der Waals surface area contributed by atoms with Crippen molar-refractivity contribution >= 4 is 5.82 Å². The fourth-order valence-corrected chi connectivity index (χ4v) is 1.13. The molecule has 2 N–H and O–H groups in total. The number of nitrogens with two attached hydrogens (primary N) is 1. The van der Waals surface area contributed by atoms with E-state index in [9.17, 15) is 0 Å². The van der Waals surface area contributed by atoms with Crippen molar-refractivity contribution in [1.82, 2.24) is 4.98 Å². The third kappa shape index (κ3) is 0.635. The van der Waals surface area contributed by atoms with Gasteiger partial charge in [0.1, 0.15) is 0 Å². The lowest BCUT2D eigenvalue weighted by molar-refractivity contribution is 0.357. The van der Waals surface area contributed by atoms with Crippen LogP contribution in [0.4, 0.5) is 5.82 Å². The summed E-state index contributed by atoms with van der Waals surface area (Å²) in [6.07, 6.45) is 2.67. The number of nitrogens with zero attached hydrogens (tertiary/aromatic N) is 1. The Labute approximate surface area is 58.8 Å². The number of fused-ring (bicyclic) bond motifs is 1. The molecule has 52 valence electrons. The highest BCUT2D eigenvalue weighted by Gasteiger charge is 2.14. The Bertz CT molecular complexity index is 260. The van der Waals surface area contributed by atoms with E-state index < -0.39 is 0 Å². The second-order valence-corrected chi connectivity index (χ2v) is 2.28. The van der Waals surface area contributed by atoms with E-state index in [-0.39, 0.29) is 0 Å². The molecule has 1 aromatic heterocycles. The highest BCUT2D eigenvalue weighted by molar-refractivity contribution is 5.52. The summed E-state index contributed by atoms with van der Waals surface area (Å²) < 4.78 is 5.24. The minimum atomic E-state index is 0.509. The topological polar surface area (TPSA) is 48.1 Å². The first-order valence-corrected chi connectivity index (χ1v) is 3.24. The predicted molar refractivity (Wildman–Crippen MR) is 37.8 cm³/mol. The van der Waals surface area contributed by atoms with E-state index in [0.29, 0.717) is 5.82 Å². The van der Waals surface area contributed by atoms with Gasteiger partial charge in [0.2, 0.25) is 0 Å². The summed E-state index contributed by atoms with van der Waals surface area (Å²) >= 11 is 0. The number of hydrogen-bond donors (Lipinski definition) is 1. The molecule has 0 spiro atoms. The molecule has 0 bridgehead atoms. The molecule has 0 fully saturated rings. The quantitative estimate of drug-likeness (QED) is 0.568. The fraction of sp³-hybridized carbons (Fsp3) is 0.286. The van der Waals surface area contributed by atoms with E-state index >= 15 is 0 Å². The van der Waals surface area contributed by atoms with Gasteiger partial charge in [0, 0.05) is 18.2 Å². The van der Waals surface area contributed by atoms with E-state index in [4.69, 9.17) is 10.5 Å². The van der Waals surface area contributed by atoms with Crippen LogP contribution in [0.5, 0.6) is 5.75 Å². The minimum absolute atomic E-state index is 0.509. The Balaban J connectivity index is 2.59. The van der Waals surface area contributed by atoms with Gasteiger partial charge in [-0.25, -0.2) is 4.98 Å². The molecule has 2 heterocycles. The number of anilines is 1. The van der Waals surface area contributed by atoms with Gasteiger partial charge in [0.15, 0.2) is 11.6 Å². The summed E-state index contributed by atoms with van der Waals surface area (Å²) in [7, 11) is 0. The van der Waals surface area contributed by atoms with Crippen molar-refractivity contribution in [2.24, 2.45) is 0 Å². The SMILES string of the molecule is Nc1nccc2c1OCC2. The lowest BCUT2D eigenvalue weighted by Gasteiger charge is -1.99. The third-order valence-corrected chi connectivity index (χ3v) is 1.63. The summed E-state index contributed by atoms with van der Waals surface area (Å²) in [5.74, 6) is 1.29. The van der Waals surface area contributed by atoms with E-state index in [1.54, 1.807) is 6.20 Å². The van der Waals surface area contributed by atoms with Crippen LogP contribution in [0.1, 0.15) is 5.56 Å². The van der Waals surface area contributed by atoms with Gasteiger partial charge in [-0.15, -0.1) is 0 Å². The molecule has 0 saturated carbocycles. The van der Waals surface area contributed by atoms with Crippen LogP contribution in [0.15, 0.2) is 12.3 Å². The normalized spacial score (nSPS) is 14.4. The standard InChI is InChI=1S/C7H8N2O/c8-7-6-5(1-3-9-7)2-4-10-6/h1,3H,2,4H2,(H2,8,9). The van der Waals surface area contributed by atoms with Crippen LogP contribution in [-0.2, 0) is 6.42 Å². The van der Waals surface area contributed by atoms with E-state index in [2.05, 4.69) is 4.98 Å². The number of ether oxygens (including phenoxy) is 1. The first-order valence-electron chi connectivity index (χ1n) is 3.24. The van der Waals surface area contributed by atoms with Gasteiger partial charge in [-0.2, -0.15) is 0 Å². The van der Waals surface area contributed by atoms with Gasteiger partial charge in [-0.1, -0.05) is 0 Å². The highest BCUT2D eigenvalue weighted by Crippen LogP contribution is 2.28. The largest absolute Gasteiger partial charge is 0.489 e. The van der Waals surface area contributed by atoms with E-state index in [0.717, 1.165) is 18.8 Å². The molecule has 1 aliphatic heterocycles. The maximum absolute atomic E-state index is 5.54.